The maximum absolute atomic E-state index is 6.52. The average molecular weight is 1740 g/mol. The van der Waals surface area contributed by atoms with Gasteiger partial charge in [-0.25, -0.2) is 0 Å². The van der Waals surface area contributed by atoms with Gasteiger partial charge in [-0.2, -0.15) is 0 Å². The molecule has 25 aromatic rings. The number of hydrogen-bond donors (Lipinski definition) is 0. The summed E-state index contributed by atoms with van der Waals surface area (Å²) in [6, 6.07) is 173. The van der Waals surface area contributed by atoms with Crippen molar-refractivity contribution < 1.29 is 8.83 Å². The van der Waals surface area contributed by atoms with Crippen LogP contribution in [-0.4, -0.2) is 0 Å². The summed E-state index contributed by atoms with van der Waals surface area (Å²) in [4.78, 5) is 9.65. The molecule has 0 fully saturated rings. The van der Waals surface area contributed by atoms with Crippen molar-refractivity contribution >= 4 is 188 Å². The minimum absolute atomic E-state index is 0.269. The lowest BCUT2D eigenvalue weighted by Gasteiger charge is -2.30. The predicted octanol–water partition coefficient (Wildman–Crippen LogP) is 37.1. The fourth-order valence-electron chi connectivity index (χ4n) is 22.5. The normalized spacial score (nSPS) is 12.8. The number of furan rings is 2. The van der Waals surface area contributed by atoms with Crippen LogP contribution in [0.3, 0.4) is 0 Å². The summed E-state index contributed by atoms with van der Waals surface area (Å²) < 4.78 is 13.0. The molecule has 0 aliphatic heterocycles. The summed E-state index contributed by atoms with van der Waals surface area (Å²) in [5.74, 6) is 0. The standard InChI is InChI=1S/C67H46N2O.C63H44N2O/c1-67(2)62-41-48(35-38-57(62)58-39-36-49(42-63(58)67)69(45-18-4-3-5-19-45)64-28-14-17-43-16-6-7-20-50(43)64)68(47-34-37-56-54-23-9-8-21-52(54)53-22-10-11-24-55(53)61(56)40-47)46-32-30-44(31-33-46)51-26-15-27-60-59-25-12-13-29-65(59)70-66(51)60;1-63(2)59-39-46(64(42-16-5-3-6-17-42)43-18-7-4-8-19-43)33-36-54(59)55-37-34-47(40-60(55)63)65(45-32-35-53-51-22-10-9-20-49(51)50-21-11-12-23-52(50)58(53)38-45)44-30-28-41(29-31-44)48-25-15-26-57-56-24-13-14-27-61(56)66-62(48)57/h3-42H,1-2H3;3-40H,1-2H3. The Kier molecular flexibility index (Phi) is 18.6. The topological polar surface area (TPSA) is 39.2 Å². The molecule has 0 N–H and O–H groups in total. The van der Waals surface area contributed by atoms with Gasteiger partial charge < -0.3 is 28.4 Å². The molecule has 6 heteroatoms. The monoisotopic (exact) mass is 1740 g/mol. The fraction of sp³-hybridized carbons (Fsp3) is 0.0462. The SMILES string of the molecule is CC1(C)c2cc(N(c3ccc(-c4cccc5c4oc4ccccc45)cc3)c3ccc4c5ccccc5c5ccccc5c4c3)ccc2-c2ccc(N(c3ccccc3)c3cccc4ccccc34)cc21.CC1(C)c2cc(N(c3ccccc3)c3ccccc3)ccc2-c2ccc(N(c3ccc(-c4cccc5c4oc4ccccc45)cc3)c3ccc4c5ccccc5c5ccccc5c4c3)cc21. The third-order valence-electron chi connectivity index (χ3n) is 29.0. The first-order chi connectivity index (χ1) is 67.0. The number of anilines is 12. The molecule has 0 atom stereocenters. The highest BCUT2D eigenvalue weighted by Gasteiger charge is 2.40. The lowest BCUT2D eigenvalue weighted by Crippen LogP contribution is -2.17. The zero-order chi connectivity index (χ0) is 90.4. The molecule has 2 aromatic heterocycles. The molecular weight excluding hydrogens is 1650 g/mol. The number of para-hydroxylation sites is 7. The minimum atomic E-state index is -0.295. The molecular formula is C130H90N4O2. The summed E-state index contributed by atoms with van der Waals surface area (Å²) >= 11 is 0. The Balaban J connectivity index is 0.000000141. The Morgan fingerprint density at radius 1 is 0.162 bits per heavy atom. The Hall–Kier alpha value is -17.3. The number of fused-ring (bicyclic) bond motifs is 25. The highest BCUT2D eigenvalue weighted by molar-refractivity contribution is 6.28. The van der Waals surface area contributed by atoms with Crippen molar-refractivity contribution in [1.82, 2.24) is 0 Å². The first-order valence-electron chi connectivity index (χ1n) is 47.1. The molecule has 642 valence electrons. The highest BCUT2D eigenvalue weighted by atomic mass is 16.3. The third-order valence-corrected chi connectivity index (χ3v) is 29.0. The first-order valence-corrected chi connectivity index (χ1v) is 47.1. The first kappa shape index (κ1) is 79.6. The van der Waals surface area contributed by atoms with Crippen molar-refractivity contribution in [2.45, 2.75) is 38.5 Å². The van der Waals surface area contributed by atoms with E-state index in [-0.39, 0.29) is 10.8 Å². The van der Waals surface area contributed by atoms with E-state index in [4.69, 9.17) is 8.83 Å². The molecule has 27 rings (SSSR count). The van der Waals surface area contributed by atoms with Gasteiger partial charge >= 0.3 is 0 Å². The minimum Gasteiger partial charge on any atom is -0.455 e. The summed E-state index contributed by atoms with van der Waals surface area (Å²) in [5.41, 5.74) is 31.2. The Morgan fingerprint density at radius 2 is 0.412 bits per heavy atom. The average Bonchev–Trinajstić information content (AvgIpc) is 1.55. The second kappa shape index (κ2) is 31.7. The molecule has 0 saturated carbocycles. The third kappa shape index (κ3) is 12.9. The van der Waals surface area contributed by atoms with E-state index in [0.717, 1.165) is 134 Å². The quantitative estimate of drug-likeness (QED) is 0.101. The van der Waals surface area contributed by atoms with Gasteiger partial charge in [-0.1, -0.05) is 349 Å². The molecule has 0 amide bonds. The van der Waals surface area contributed by atoms with Gasteiger partial charge in [0.25, 0.3) is 0 Å². The Bertz CT molecular complexity index is 9010. The van der Waals surface area contributed by atoms with Crippen molar-refractivity contribution in [2.75, 3.05) is 19.6 Å². The summed E-state index contributed by atoms with van der Waals surface area (Å²) in [6.07, 6.45) is 0. The van der Waals surface area contributed by atoms with E-state index < -0.39 is 0 Å². The van der Waals surface area contributed by atoms with Gasteiger partial charge in [-0.3, -0.25) is 0 Å². The van der Waals surface area contributed by atoms with Gasteiger partial charge in [0.1, 0.15) is 22.3 Å². The van der Waals surface area contributed by atoms with E-state index >= 15 is 0 Å². The van der Waals surface area contributed by atoms with Crippen LogP contribution in [0.2, 0.25) is 0 Å². The van der Waals surface area contributed by atoms with Crippen LogP contribution in [0.15, 0.2) is 482 Å². The maximum Gasteiger partial charge on any atom is 0.143 e. The van der Waals surface area contributed by atoms with Gasteiger partial charge in [-0.05, 0) is 277 Å². The van der Waals surface area contributed by atoms with Gasteiger partial charge in [-0.15, -0.1) is 0 Å². The van der Waals surface area contributed by atoms with E-state index in [2.05, 4.69) is 508 Å². The van der Waals surface area contributed by atoms with Gasteiger partial charge in [0.2, 0.25) is 0 Å². The van der Waals surface area contributed by atoms with E-state index in [1.54, 1.807) is 0 Å². The zero-order valence-electron chi connectivity index (χ0n) is 75.6. The van der Waals surface area contributed by atoms with Crippen LogP contribution in [0.25, 0.3) is 164 Å². The molecule has 2 aliphatic rings. The molecule has 0 radical (unpaired) electrons. The number of hydrogen-bond acceptors (Lipinski definition) is 6. The number of rotatable bonds is 14. The predicted molar refractivity (Wildman–Crippen MR) is 575 cm³/mol. The van der Waals surface area contributed by atoms with E-state index in [0.29, 0.717) is 0 Å². The smallest absolute Gasteiger partial charge is 0.143 e. The maximum atomic E-state index is 6.52. The fourth-order valence-corrected chi connectivity index (χ4v) is 22.5. The largest absolute Gasteiger partial charge is 0.455 e. The van der Waals surface area contributed by atoms with Crippen LogP contribution < -0.4 is 19.6 Å². The molecule has 23 aromatic carbocycles. The van der Waals surface area contributed by atoms with Gasteiger partial charge in [0.05, 0.1) is 5.69 Å². The summed E-state index contributed by atoms with van der Waals surface area (Å²) in [6.45, 7) is 9.54. The van der Waals surface area contributed by atoms with Crippen molar-refractivity contribution in [1.29, 1.82) is 0 Å². The molecule has 2 heterocycles. The molecule has 0 spiro atoms. The Morgan fingerprint density at radius 3 is 0.787 bits per heavy atom. The van der Waals surface area contributed by atoms with Crippen LogP contribution in [0.5, 0.6) is 0 Å². The van der Waals surface area contributed by atoms with Crippen LogP contribution >= 0.6 is 0 Å². The second-order valence-corrected chi connectivity index (χ2v) is 37.3. The van der Waals surface area contributed by atoms with E-state index in [9.17, 15) is 0 Å². The molecule has 2 aliphatic carbocycles. The van der Waals surface area contributed by atoms with Crippen molar-refractivity contribution in [3.05, 3.63) is 495 Å². The van der Waals surface area contributed by atoms with Crippen LogP contribution in [0.1, 0.15) is 49.9 Å². The lowest BCUT2D eigenvalue weighted by molar-refractivity contribution is 0.660. The number of benzene rings is 23. The molecule has 0 saturated heterocycles. The van der Waals surface area contributed by atoms with Gasteiger partial charge in [0, 0.05) is 111 Å². The highest BCUT2D eigenvalue weighted by Crippen LogP contribution is 2.57. The second-order valence-electron chi connectivity index (χ2n) is 37.3. The van der Waals surface area contributed by atoms with Crippen molar-refractivity contribution in [3.8, 4) is 44.5 Å². The zero-order valence-corrected chi connectivity index (χ0v) is 75.6. The van der Waals surface area contributed by atoms with Crippen LogP contribution in [-0.2, 0) is 10.8 Å². The van der Waals surface area contributed by atoms with Crippen molar-refractivity contribution in [2.24, 2.45) is 0 Å². The molecule has 0 unspecified atom stereocenters. The summed E-state index contributed by atoms with van der Waals surface area (Å²) in [7, 11) is 0. The van der Waals surface area contributed by atoms with Crippen molar-refractivity contribution in [3.63, 3.8) is 0 Å². The lowest BCUT2D eigenvalue weighted by atomic mass is 9.82. The Labute approximate surface area is 788 Å². The van der Waals surface area contributed by atoms with Crippen LogP contribution in [0, 0.1) is 0 Å². The summed E-state index contributed by atoms with van der Waals surface area (Å²) in [5, 5.41) is 22.1. The van der Waals surface area contributed by atoms with E-state index in [1.165, 1.54) is 120 Å². The van der Waals surface area contributed by atoms with E-state index in [1.807, 2.05) is 12.1 Å². The van der Waals surface area contributed by atoms with Crippen LogP contribution in [0.4, 0.5) is 68.2 Å². The molecule has 0 bridgehead atoms. The number of nitrogens with zero attached hydrogens (tertiary/aromatic N) is 4. The van der Waals surface area contributed by atoms with Gasteiger partial charge in [0.15, 0.2) is 0 Å². The molecule has 136 heavy (non-hydrogen) atoms. The molecule has 6 nitrogen and oxygen atoms in total.